The van der Waals surface area contributed by atoms with Crippen molar-refractivity contribution in [1.82, 2.24) is 0 Å². The summed E-state index contributed by atoms with van der Waals surface area (Å²) in [4.78, 5) is 31.2. The van der Waals surface area contributed by atoms with Crippen molar-refractivity contribution < 1.29 is 33.8 Å². The number of likely N-dealkylation sites (N-methyl/N-ethyl adjacent to an activating group) is 1. The molecule has 0 amide bonds. The van der Waals surface area contributed by atoms with Crippen LogP contribution in [0.15, 0.2) is 30.3 Å². The van der Waals surface area contributed by atoms with Crippen molar-refractivity contribution in [2.45, 2.75) is 19.4 Å². The van der Waals surface area contributed by atoms with Crippen LogP contribution in [0.3, 0.4) is 0 Å². The van der Waals surface area contributed by atoms with E-state index in [4.69, 9.17) is 9.84 Å². The van der Waals surface area contributed by atoms with E-state index in [1.165, 1.54) is 6.92 Å². The normalized spacial score (nSPS) is 11.7. The number of carbonyl (C=O) groups is 3. The molecule has 0 heterocycles. The lowest BCUT2D eigenvalue weighted by Gasteiger charge is -2.28. The Balaban J connectivity index is 0.000000459. The van der Waals surface area contributed by atoms with Gasteiger partial charge < -0.3 is 24.2 Å². The van der Waals surface area contributed by atoms with E-state index in [9.17, 15) is 19.5 Å². The quantitative estimate of drug-likeness (QED) is 0.590. The summed E-state index contributed by atoms with van der Waals surface area (Å²) >= 11 is 0. The third-order valence-corrected chi connectivity index (χ3v) is 2.50. The van der Waals surface area contributed by atoms with Crippen LogP contribution in [0.4, 0.5) is 0 Å². The lowest BCUT2D eigenvalue weighted by molar-refractivity contribution is -0.873. The number of aliphatic carboxylic acids is 1. The van der Waals surface area contributed by atoms with Crippen LogP contribution in [0.25, 0.3) is 0 Å². The molecular weight excluding hydrogens is 302 g/mol. The summed E-state index contributed by atoms with van der Waals surface area (Å²) < 4.78 is 5.39. The van der Waals surface area contributed by atoms with Crippen LogP contribution in [-0.2, 0) is 14.3 Å². The van der Waals surface area contributed by atoms with Gasteiger partial charge in [-0.05, 0) is 12.1 Å². The Morgan fingerprint density at radius 1 is 1.17 bits per heavy atom. The number of hydrogen-bond donors (Lipinski definition) is 1. The molecule has 0 aliphatic heterocycles. The van der Waals surface area contributed by atoms with Crippen molar-refractivity contribution in [3.63, 3.8) is 0 Å². The minimum Gasteiger partial charge on any atom is -0.550 e. The summed E-state index contributed by atoms with van der Waals surface area (Å²) in [6.45, 7) is 1.71. The highest BCUT2D eigenvalue weighted by atomic mass is 16.5. The van der Waals surface area contributed by atoms with Gasteiger partial charge in [-0.25, -0.2) is 4.79 Å². The summed E-state index contributed by atoms with van der Waals surface area (Å²) in [5, 5.41) is 18.8. The molecule has 1 unspecified atom stereocenters. The monoisotopic (exact) mass is 325 g/mol. The minimum absolute atomic E-state index is 0.255. The van der Waals surface area contributed by atoms with Crippen LogP contribution in [-0.4, -0.2) is 61.3 Å². The molecule has 0 spiro atoms. The maximum atomic E-state index is 10.7. The van der Waals surface area contributed by atoms with E-state index < -0.39 is 24.0 Å². The van der Waals surface area contributed by atoms with Crippen molar-refractivity contribution in [2.24, 2.45) is 0 Å². The van der Waals surface area contributed by atoms with Gasteiger partial charge in [0.25, 0.3) is 0 Å². The number of quaternary nitrogens is 1. The van der Waals surface area contributed by atoms with Crippen LogP contribution >= 0.6 is 0 Å². The molecule has 0 radical (unpaired) electrons. The Kier molecular flexibility index (Phi) is 8.57. The Bertz CT molecular complexity index is 505. The highest BCUT2D eigenvalue weighted by Gasteiger charge is 2.20. The fraction of sp³-hybridized carbons (Fsp3) is 0.438. The molecule has 23 heavy (non-hydrogen) atoms. The molecule has 0 aliphatic carbocycles. The molecule has 7 heteroatoms. The summed E-state index contributed by atoms with van der Waals surface area (Å²) in [5.41, 5.74) is 0.331. The Morgan fingerprint density at radius 3 is 2.00 bits per heavy atom. The van der Waals surface area contributed by atoms with Crippen molar-refractivity contribution in [2.75, 3.05) is 27.7 Å². The predicted molar refractivity (Wildman–Crippen MR) is 81.5 cm³/mol. The maximum Gasteiger partial charge on any atom is 0.335 e. The molecule has 7 nitrogen and oxygen atoms in total. The van der Waals surface area contributed by atoms with Crippen LogP contribution in [0.2, 0.25) is 0 Å². The molecule has 1 aromatic rings. The van der Waals surface area contributed by atoms with Gasteiger partial charge in [-0.3, -0.25) is 4.79 Å². The molecule has 0 aliphatic rings. The Morgan fingerprint density at radius 2 is 1.70 bits per heavy atom. The number of nitrogens with zero attached hydrogens (tertiary/aromatic N) is 1. The summed E-state index contributed by atoms with van der Waals surface area (Å²) in [5.74, 6) is -2.55. The number of carbonyl (C=O) groups excluding carboxylic acids is 2. The number of aromatic carboxylic acids is 1. The zero-order valence-electron chi connectivity index (χ0n) is 13.8. The van der Waals surface area contributed by atoms with Crippen LogP contribution < -0.4 is 5.11 Å². The van der Waals surface area contributed by atoms with Crippen molar-refractivity contribution >= 4 is 17.9 Å². The number of hydrogen-bond acceptors (Lipinski definition) is 5. The first kappa shape index (κ1) is 20.6. The van der Waals surface area contributed by atoms with E-state index in [0.29, 0.717) is 16.6 Å². The van der Waals surface area contributed by atoms with Gasteiger partial charge in [0, 0.05) is 19.3 Å². The van der Waals surface area contributed by atoms with Crippen LogP contribution in [0.1, 0.15) is 23.7 Å². The minimum atomic E-state index is -1.20. The van der Waals surface area contributed by atoms with Gasteiger partial charge in [-0.1, -0.05) is 18.2 Å². The number of ether oxygens (including phenoxy) is 1. The number of carboxylic acids is 2. The number of esters is 1. The zero-order valence-corrected chi connectivity index (χ0v) is 13.8. The third kappa shape index (κ3) is 11.9. The van der Waals surface area contributed by atoms with Gasteiger partial charge >= 0.3 is 11.9 Å². The highest BCUT2D eigenvalue weighted by Crippen LogP contribution is 2.04. The summed E-state index contributed by atoms with van der Waals surface area (Å²) in [6, 6.07) is 8.30. The van der Waals surface area contributed by atoms with Gasteiger partial charge in [0.1, 0.15) is 6.54 Å². The Labute approximate surface area is 135 Å². The molecule has 1 aromatic carbocycles. The SMILES string of the molecule is CC(=O)OC(CC(=O)[O-])C[N+](C)(C)C.O=C(O)c1ccccc1. The van der Waals surface area contributed by atoms with Crippen LogP contribution in [0.5, 0.6) is 0 Å². The topological polar surface area (TPSA) is 104 Å². The van der Waals surface area contributed by atoms with E-state index in [1.54, 1.807) is 30.3 Å². The van der Waals surface area contributed by atoms with Gasteiger partial charge in [-0.2, -0.15) is 0 Å². The van der Waals surface area contributed by atoms with Crippen molar-refractivity contribution in [3.8, 4) is 0 Å². The van der Waals surface area contributed by atoms with Gasteiger partial charge in [-0.15, -0.1) is 0 Å². The molecule has 0 saturated heterocycles. The molecule has 0 saturated carbocycles. The molecule has 0 fully saturated rings. The molecule has 0 aromatic heterocycles. The second-order valence-electron chi connectivity index (χ2n) is 5.95. The molecule has 1 rings (SSSR count). The lowest BCUT2D eigenvalue weighted by atomic mass is 10.2. The maximum absolute atomic E-state index is 10.7. The lowest BCUT2D eigenvalue weighted by Crippen LogP contribution is -2.45. The second kappa shape index (κ2) is 9.58. The molecule has 1 N–H and O–H groups in total. The average Bonchev–Trinajstić information content (AvgIpc) is 2.36. The Hall–Kier alpha value is -2.41. The fourth-order valence-corrected chi connectivity index (χ4v) is 1.76. The van der Waals surface area contributed by atoms with E-state index in [0.717, 1.165) is 0 Å². The van der Waals surface area contributed by atoms with Crippen molar-refractivity contribution in [3.05, 3.63) is 35.9 Å². The fourth-order valence-electron chi connectivity index (χ4n) is 1.76. The zero-order chi connectivity index (χ0) is 18.0. The largest absolute Gasteiger partial charge is 0.550 e. The highest BCUT2D eigenvalue weighted by molar-refractivity contribution is 5.87. The van der Waals surface area contributed by atoms with Crippen molar-refractivity contribution in [1.29, 1.82) is 0 Å². The average molecular weight is 325 g/mol. The number of rotatable bonds is 6. The molecule has 128 valence electrons. The molecular formula is C16H23NO6. The molecule has 1 atom stereocenters. The first-order valence-electron chi connectivity index (χ1n) is 6.97. The first-order valence-corrected chi connectivity index (χ1v) is 6.97. The summed E-state index contributed by atoms with van der Waals surface area (Å²) in [7, 11) is 5.68. The standard InChI is InChI=1S/C9H17NO4.C7H6O2/c1-7(11)14-8(5-9(12)13)6-10(2,3)4;8-7(9)6-4-2-1-3-5-6/h8H,5-6H2,1-4H3;1-5H,(H,8,9). The molecule has 0 bridgehead atoms. The van der Waals surface area contributed by atoms with Gasteiger partial charge in [0.05, 0.1) is 26.7 Å². The van der Waals surface area contributed by atoms with Gasteiger partial charge in [0.15, 0.2) is 6.10 Å². The predicted octanol–water partition coefficient (Wildman–Crippen LogP) is 0.149. The van der Waals surface area contributed by atoms with Gasteiger partial charge in [0.2, 0.25) is 0 Å². The summed E-state index contributed by atoms with van der Waals surface area (Å²) in [6.07, 6.45) is -0.868. The second-order valence-corrected chi connectivity index (χ2v) is 5.95. The van der Waals surface area contributed by atoms with E-state index in [-0.39, 0.29) is 6.42 Å². The van der Waals surface area contributed by atoms with E-state index in [1.807, 2.05) is 21.1 Å². The first-order chi connectivity index (χ1) is 10.5. The smallest absolute Gasteiger partial charge is 0.335 e. The van der Waals surface area contributed by atoms with Crippen LogP contribution in [0, 0.1) is 0 Å². The van der Waals surface area contributed by atoms with E-state index in [2.05, 4.69) is 0 Å². The number of carboxylic acid groups (broad SMARTS) is 2. The number of benzene rings is 1. The third-order valence-electron chi connectivity index (χ3n) is 2.50. The van der Waals surface area contributed by atoms with E-state index >= 15 is 0 Å².